The maximum Gasteiger partial charge on any atom is 0.433 e. The Labute approximate surface area is 173 Å². The van der Waals surface area contributed by atoms with Crippen LogP contribution in [0.25, 0.3) is 0 Å². The van der Waals surface area contributed by atoms with E-state index in [2.05, 4.69) is 14.9 Å². The van der Waals surface area contributed by atoms with Crippen LogP contribution in [0.5, 0.6) is 5.75 Å². The van der Waals surface area contributed by atoms with Crippen molar-refractivity contribution in [3.63, 3.8) is 0 Å². The fourth-order valence-corrected chi connectivity index (χ4v) is 4.65. The van der Waals surface area contributed by atoms with Crippen LogP contribution >= 0.6 is 0 Å². The Hall–Kier alpha value is -2.19. The number of rotatable bonds is 4. The number of aromatic nitrogens is 2. The van der Waals surface area contributed by atoms with Gasteiger partial charge in [0.2, 0.25) is 0 Å². The van der Waals surface area contributed by atoms with Gasteiger partial charge in [-0.15, -0.1) is 0 Å². The molecule has 162 valence electrons. The smallest absolute Gasteiger partial charge is 0.433 e. The summed E-state index contributed by atoms with van der Waals surface area (Å²) in [6, 6.07) is 6.32. The molecule has 2 fully saturated rings. The van der Waals surface area contributed by atoms with Crippen molar-refractivity contribution < 1.29 is 23.0 Å². The molecular formula is C22H26F3N3O2. The van der Waals surface area contributed by atoms with Crippen LogP contribution in [0.1, 0.15) is 35.5 Å². The van der Waals surface area contributed by atoms with Gasteiger partial charge >= 0.3 is 6.18 Å². The van der Waals surface area contributed by atoms with E-state index >= 15 is 0 Å². The summed E-state index contributed by atoms with van der Waals surface area (Å²) in [5.74, 6) is 1.45. The van der Waals surface area contributed by atoms with Crippen LogP contribution in [-0.2, 0) is 12.7 Å². The maximum absolute atomic E-state index is 12.7. The summed E-state index contributed by atoms with van der Waals surface area (Å²) < 4.78 is 44.2. The summed E-state index contributed by atoms with van der Waals surface area (Å²) in [6.07, 6.45) is -2.52. The average molecular weight is 421 g/mol. The number of aliphatic hydroxyl groups excluding tert-OH is 1. The van der Waals surface area contributed by atoms with E-state index in [9.17, 15) is 18.3 Å². The summed E-state index contributed by atoms with van der Waals surface area (Å²) in [5, 5.41) is 10.6. The molecule has 5 nitrogen and oxygen atoms in total. The number of fused-ring (bicyclic) bond motifs is 1. The third-order valence-electron chi connectivity index (χ3n) is 6.14. The summed E-state index contributed by atoms with van der Waals surface area (Å²) in [7, 11) is 0. The number of hydrogen-bond donors (Lipinski definition) is 1. The molecule has 1 aliphatic heterocycles. The number of halogens is 3. The molecule has 2 aliphatic rings. The highest BCUT2D eigenvalue weighted by atomic mass is 19.4. The molecule has 1 N–H and O–H groups in total. The Morgan fingerprint density at radius 3 is 2.47 bits per heavy atom. The van der Waals surface area contributed by atoms with E-state index in [1.54, 1.807) is 0 Å². The normalized spacial score (nSPS) is 27.1. The number of alkyl halides is 3. The van der Waals surface area contributed by atoms with Gasteiger partial charge in [0.05, 0.1) is 11.8 Å². The zero-order valence-electron chi connectivity index (χ0n) is 17.1. The van der Waals surface area contributed by atoms with E-state index in [0.29, 0.717) is 30.6 Å². The van der Waals surface area contributed by atoms with Crippen molar-refractivity contribution in [3.05, 3.63) is 53.1 Å². The van der Waals surface area contributed by atoms with Gasteiger partial charge in [0.15, 0.2) is 0 Å². The number of ether oxygens (including phenoxy) is 1. The molecule has 0 radical (unpaired) electrons. The number of nitrogens with zero attached hydrogens (tertiary/aromatic N) is 3. The number of aryl methyl sites for hydroxylation is 2. The second kappa shape index (κ2) is 8.15. The van der Waals surface area contributed by atoms with Gasteiger partial charge < -0.3 is 9.84 Å². The van der Waals surface area contributed by atoms with Crippen LogP contribution in [0.4, 0.5) is 13.2 Å². The Bertz CT molecular complexity index is 888. The van der Waals surface area contributed by atoms with Crippen molar-refractivity contribution in [3.8, 4) is 5.75 Å². The van der Waals surface area contributed by atoms with Crippen molar-refractivity contribution in [2.75, 3.05) is 13.1 Å². The van der Waals surface area contributed by atoms with E-state index in [-0.39, 0.29) is 6.10 Å². The molecule has 30 heavy (non-hydrogen) atoms. The van der Waals surface area contributed by atoms with E-state index in [1.807, 2.05) is 26.0 Å². The molecule has 1 saturated carbocycles. The zero-order chi connectivity index (χ0) is 21.5. The van der Waals surface area contributed by atoms with Gasteiger partial charge in [0.1, 0.15) is 17.5 Å². The minimum absolute atomic E-state index is 0.276. The summed E-state index contributed by atoms with van der Waals surface area (Å²) >= 11 is 0. The van der Waals surface area contributed by atoms with E-state index < -0.39 is 18.0 Å². The second-order valence-corrected chi connectivity index (χ2v) is 8.49. The molecule has 0 amide bonds. The van der Waals surface area contributed by atoms with Crippen molar-refractivity contribution in [2.24, 2.45) is 11.8 Å². The van der Waals surface area contributed by atoms with Crippen LogP contribution in [0.2, 0.25) is 0 Å². The van der Waals surface area contributed by atoms with E-state index in [1.165, 1.54) is 12.3 Å². The van der Waals surface area contributed by atoms with Crippen LogP contribution < -0.4 is 4.74 Å². The van der Waals surface area contributed by atoms with Crippen molar-refractivity contribution in [1.82, 2.24) is 14.9 Å². The van der Waals surface area contributed by atoms with Gasteiger partial charge in [-0.25, -0.2) is 0 Å². The molecule has 0 spiro atoms. The van der Waals surface area contributed by atoms with Crippen molar-refractivity contribution >= 4 is 0 Å². The Morgan fingerprint density at radius 2 is 1.83 bits per heavy atom. The van der Waals surface area contributed by atoms with Gasteiger partial charge in [-0.05, 0) is 62.3 Å². The average Bonchev–Trinajstić information content (AvgIpc) is 3.04. The molecule has 3 heterocycles. The van der Waals surface area contributed by atoms with Crippen molar-refractivity contribution in [1.29, 1.82) is 0 Å². The number of aliphatic hydroxyl groups is 1. The topological polar surface area (TPSA) is 58.5 Å². The summed E-state index contributed by atoms with van der Waals surface area (Å²) in [6.45, 7) is 6.04. The maximum atomic E-state index is 12.7. The first-order valence-electron chi connectivity index (χ1n) is 10.2. The third-order valence-corrected chi connectivity index (χ3v) is 6.14. The molecule has 1 saturated heterocycles. The molecule has 2 aromatic rings. The Kier molecular flexibility index (Phi) is 5.72. The van der Waals surface area contributed by atoms with Crippen LogP contribution in [-0.4, -0.2) is 45.3 Å². The monoisotopic (exact) mass is 421 g/mol. The third kappa shape index (κ3) is 4.59. The molecule has 4 rings (SSSR count). The summed E-state index contributed by atoms with van der Waals surface area (Å²) in [4.78, 5) is 10.2. The fraction of sp³-hybridized carbons (Fsp3) is 0.545. The molecular weight excluding hydrogens is 395 g/mol. The lowest BCUT2D eigenvalue weighted by Gasteiger charge is -2.35. The van der Waals surface area contributed by atoms with E-state index in [4.69, 9.17) is 4.74 Å². The second-order valence-electron chi connectivity index (χ2n) is 8.49. The number of pyridine rings is 2. The lowest BCUT2D eigenvalue weighted by molar-refractivity contribution is -0.141. The predicted octanol–water partition coefficient (Wildman–Crippen LogP) is 3.76. The molecule has 0 unspecified atom stereocenters. The van der Waals surface area contributed by atoms with Gasteiger partial charge in [-0.3, -0.25) is 14.9 Å². The lowest BCUT2D eigenvalue weighted by Crippen LogP contribution is -2.42. The highest BCUT2D eigenvalue weighted by Gasteiger charge is 2.42. The van der Waals surface area contributed by atoms with Gasteiger partial charge in [0, 0.05) is 31.5 Å². The number of likely N-dealkylation sites (tertiary alicyclic amines) is 1. The van der Waals surface area contributed by atoms with Crippen LogP contribution in [0.3, 0.4) is 0 Å². The van der Waals surface area contributed by atoms with Gasteiger partial charge in [-0.2, -0.15) is 13.2 Å². The highest BCUT2D eigenvalue weighted by molar-refractivity contribution is 5.28. The minimum Gasteiger partial charge on any atom is -0.486 e. The largest absolute Gasteiger partial charge is 0.486 e. The van der Waals surface area contributed by atoms with Gasteiger partial charge in [0.25, 0.3) is 0 Å². The molecule has 8 heteroatoms. The standard InChI is InChI=1S/C22H26F3N3O2/c1-13-3-5-19(14(2)27-13)30-20-8-17-12-28(11-16(17)7-18(20)29)10-15-4-6-21(26-9-15)22(23,24)25/h3-6,9,16-18,20,29H,7-8,10-12H2,1-2H3/t16-,17+,18+,20+/m0/s1. The molecule has 1 aliphatic carbocycles. The predicted molar refractivity (Wildman–Crippen MR) is 105 cm³/mol. The minimum atomic E-state index is -4.42. The lowest BCUT2D eigenvalue weighted by atomic mass is 9.78. The molecule has 2 aromatic heterocycles. The molecule has 0 bridgehead atoms. The zero-order valence-corrected chi connectivity index (χ0v) is 17.1. The first kappa shape index (κ1) is 21.1. The number of hydrogen-bond acceptors (Lipinski definition) is 5. The Morgan fingerprint density at radius 1 is 1.10 bits per heavy atom. The summed E-state index contributed by atoms with van der Waals surface area (Å²) in [5.41, 5.74) is 1.63. The first-order valence-corrected chi connectivity index (χ1v) is 10.2. The SMILES string of the molecule is Cc1ccc(O[C@@H]2C[C@@H]3CN(Cc4ccc(C(F)(F)F)nc4)C[C@@H]3C[C@H]2O)c(C)n1. The van der Waals surface area contributed by atoms with Crippen LogP contribution in [0, 0.1) is 25.7 Å². The molecule has 0 aromatic carbocycles. The molecule has 4 atom stereocenters. The first-order chi connectivity index (χ1) is 14.2. The van der Waals surface area contributed by atoms with Crippen molar-refractivity contribution in [2.45, 2.75) is 51.6 Å². The van der Waals surface area contributed by atoms with E-state index in [0.717, 1.165) is 42.5 Å². The Balaban J connectivity index is 1.37. The highest BCUT2D eigenvalue weighted by Crippen LogP contribution is 2.39. The van der Waals surface area contributed by atoms with Gasteiger partial charge in [-0.1, -0.05) is 6.07 Å². The quantitative estimate of drug-likeness (QED) is 0.815. The fourth-order valence-electron chi connectivity index (χ4n) is 4.65. The van der Waals surface area contributed by atoms with Crippen LogP contribution in [0.15, 0.2) is 30.5 Å².